The van der Waals surface area contributed by atoms with Gasteiger partial charge in [0, 0.05) is 38.4 Å². The van der Waals surface area contributed by atoms with Crippen LogP contribution in [0.15, 0.2) is 102 Å². The van der Waals surface area contributed by atoms with Crippen LogP contribution in [-0.4, -0.2) is 57.2 Å². The maximum atomic E-state index is 14.8. The van der Waals surface area contributed by atoms with Gasteiger partial charge in [0.2, 0.25) is 0 Å². The van der Waals surface area contributed by atoms with Gasteiger partial charge in [0.25, 0.3) is 0 Å². The monoisotopic (exact) mass is 631 g/mol. The second-order valence-corrected chi connectivity index (χ2v) is 10.8. The van der Waals surface area contributed by atoms with Crippen molar-refractivity contribution < 1.29 is 32.2 Å². The number of nitrogens with two attached hydrogens (primary N) is 1. The molecule has 1 atom stereocenters. The molecule has 0 aromatic heterocycles. The van der Waals surface area contributed by atoms with Gasteiger partial charge in [0.15, 0.2) is 0 Å². The van der Waals surface area contributed by atoms with Crippen LogP contribution in [0, 0.1) is 11.3 Å². The first kappa shape index (κ1) is 32.1. The second kappa shape index (κ2) is 13.4. The third kappa shape index (κ3) is 6.27. The van der Waals surface area contributed by atoms with E-state index in [9.17, 15) is 28.0 Å². The second-order valence-electron chi connectivity index (χ2n) is 10.8. The van der Waals surface area contributed by atoms with Gasteiger partial charge in [-0.15, -0.1) is 0 Å². The number of rotatable bonds is 7. The average Bonchev–Trinajstić information content (AvgIpc) is 3.07. The summed E-state index contributed by atoms with van der Waals surface area (Å²) in [5, 5.41) is 10.2. The lowest BCUT2D eigenvalue weighted by molar-refractivity contribution is -0.139. The molecule has 2 heterocycles. The van der Waals surface area contributed by atoms with Crippen molar-refractivity contribution in [1.82, 2.24) is 4.90 Å². The van der Waals surface area contributed by atoms with E-state index in [0.29, 0.717) is 37.4 Å². The van der Waals surface area contributed by atoms with Crippen molar-refractivity contribution in [3.63, 3.8) is 0 Å². The van der Waals surface area contributed by atoms with E-state index in [-0.39, 0.29) is 11.1 Å². The number of ether oxygens (including phenoxy) is 2. The van der Waals surface area contributed by atoms with Crippen LogP contribution in [0.5, 0.6) is 0 Å². The van der Waals surface area contributed by atoms with Crippen LogP contribution in [0.4, 0.5) is 24.5 Å². The highest BCUT2D eigenvalue weighted by Gasteiger charge is 2.45. The Morgan fingerprint density at radius 3 is 2.09 bits per heavy atom. The molecule has 3 aromatic carbocycles. The summed E-state index contributed by atoms with van der Waals surface area (Å²) in [6, 6.07) is 23.8. The number of halogens is 3. The Kier molecular flexibility index (Phi) is 9.34. The Hall–Kier alpha value is -5.28. The van der Waals surface area contributed by atoms with Gasteiger partial charge in [-0.25, -0.2) is 9.59 Å². The Labute approximate surface area is 264 Å². The molecule has 0 spiro atoms. The molecule has 0 amide bonds. The van der Waals surface area contributed by atoms with Crippen molar-refractivity contribution in [2.75, 3.05) is 50.2 Å². The molecule has 12 heteroatoms. The molecule has 9 nitrogen and oxygen atoms in total. The minimum absolute atomic E-state index is 0.231. The molecule has 1 fully saturated rings. The first-order valence-corrected chi connectivity index (χ1v) is 14.5. The molecule has 0 bridgehead atoms. The molecule has 2 aliphatic rings. The van der Waals surface area contributed by atoms with Crippen molar-refractivity contribution in [3.8, 4) is 6.07 Å². The summed E-state index contributed by atoms with van der Waals surface area (Å²) in [5.74, 6) is -3.81. The average molecular weight is 632 g/mol. The molecule has 3 aromatic rings. The van der Waals surface area contributed by atoms with Crippen LogP contribution in [0.25, 0.3) is 0 Å². The molecule has 2 aliphatic heterocycles. The summed E-state index contributed by atoms with van der Waals surface area (Å²) in [7, 11) is 2.10. The highest BCUT2D eigenvalue weighted by molar-refractivity contribution is 6.06. The first-order chi connectivity index (χ1) is 22.1. The van der Waals surface area contributed by atoms with E-state index in [4.69, 9.17) is 15.2 Å². The number of hydrogen-bond acceptors (Lipinski definition) is 9. The zero-order chi connectivity index (χ0) is 33.0. The fraction of sp³-hybridized carbons (Fsp3) is 0.265. The number of nitriles is 1. The van der Waals surface area contributed by atoms with Gasteiger partial charge in [-0.1, -0.05) is 60.7 Å². The van der Waals surface area contributed by atoms with Gasteiger partial charge in [0.05, 0.1) is 48.6 Å². The SMILES string of the molecule is COC(=O)C1=C(C(=O)OC)N(c2ccc(N3CCN(Cc4ccccc4)CC3)cc2C(F)(F)F)C(N)=C(C#N)C1c1ccccc1. The largest absolute Gasteiger partial charge is 0.466 e. The van der Waals surface area contributed by atoms with E-state index in [2.05, 4.69) is 4.90 Å². The summed E-state index contributed by atoms with van der Waals surface area (Å²) in [4.78, 5) is 31.5. The van der Waals surface area contributed by atoms with Crippen molar-refractivity contribution in [1.29, 1.82) is 5.26 Å². The molecular weight excluding hydrogens is 599 g/mol. The molecule has 0 aliphatic carbocycles. The molecule has 1 saturated heterocycles. The highest BCUT2D eigenvalue weighted by Crippen LogP contribution is 2.47. The quantitative estimate of drug-likeness (QED) is 0.363. The number of alkyl halides is 3. The van der Waals surface area contributed by atoms with Gasteiger partial charge < -0.3 is 20.1 Å². The molecule has 238 valence electrons. The van der Waals surface area contributed by atoms with Gasteiger partial charge in [-0.3, -0.25) is 9.80 Å². The van der Waals surface area contributed by atoms with Crippen LogP contribution in [-0.2, 0) is 31.8 Å². The van der Waals surface area contributed by atoms with E-state index in [1.54, 1.807) is 30.3 Å². The predicted octanol–water partition coefficient (Wildman–Crippen LogP) is 4.93. The molecule has 1 unspecified atom stereocenters. The standard InChI is InChI=1S/C34H32F3N5O4/c1-45-32(43)29-28(23-11-7-4-8-12-23)25(20-38)31(39)42(30(29)33(44)46-2)27-14-13-24(19-26(27)34(35,36)37)41-17-15-40(16-18-41)21-22-9-5-3-6-10-22/h3-14,19,28H,15-18,21,39H2,1-2H3. The van der Waals surface area contributed by atoms with E-state index in [1.165, 1.54) is 12.1 Å². The number of allylic oxidation sites excluding steroid dienone is 1. The highest BCUT2D eigenvalue weighted by atomic mass is 19.4. The lowest BCUT2D eigenvalue weighted by Crippen LogP contribution is -2.46. The summed E-state index contributed by atoms with van der Waals surface area (Å²) in [6.45, 7) is 3.00. The number of carbonyl (C=O) groups is 2. The normalized spacial score (nSPS) is 17.5. The summed E-state index contributed by atoms with van der Waals surface area (Å²) in [6.07, 6.45) is -4.91. The Morgan fingerprint density at radius 2 is 1.52 bits per heavy atom. The maximum Gasteiger partial charge on any atom is 0.418 e. The van der Waals surface area contributed by atoms with Gasteiger partial charge >= 0.3 is 18.1 Å². The van der Waals surface area contributed by atoms with Gasteiger partial charge in [-0.05, 0) is 29.3 Å². The molecule has 0 saturated carbocycles. The van der Waals surface area contributed by atoms with Gasteiger partial charge in [0.1, 0.15) is 11.5 Å². The van der Waals surface area contributed by atoms with E-state index in [0.717, 1.165) is 37.3 Å². The topological polar surface area (TPSA) is 112 Å². The Morgan fingerprint density at radius 1 is 0.913 bits per heavy atom. The van der Waals surface area contributed by atoms with Gasteiger partial charge in [-0.2, -0.15) is 18.4 Å². The van der Waals surface area contributed by atoms with Crippen molar-refractivity contribution in [2.45, 2.75) is 18.6 Å². The van der Waals surface area contributed by atoms with E-state index in [1.807, 2.05) is 41.3 Å². The molecular formula is C34H32F3N5O4. The van der Waals surface area contributed by atoms with Crippen molar-refractivity contribution >= 4 is 23.3 Å². The smallest absolute Gasteiger partial charge is 0.418 e. The number of nitrogens with zero attached hydrogens (tertiary/aromatic N) is 4. The summed E-state index contributed by atoms with van der Waals surface area (Å²) < 4.78 is 54.5. The Balaban J connectivity index is 1.59. The van der Waals surface area contributed by atoms with E-state index < -0.39 is 46.8 Å². The molecule has 46 heavy (non-hydrogen) atoms. The molecule has 0 radical (unpaired) electrons. The zero-order valence-electron chi connectivity index (χ0n) is 25.3. The number of anilines is 2. The lowest BCUT2D eigenvalue weighted by Gasteiger charge is -2.38. The van der Waals surface area contributed by atoms with Crippen molar-refractivity contribution in [2.24, 2.45) is 5.73 Å². The zero-order valence-corrected chi connectivity index (χ0v) is 25.3. The maximum absolute atomic E-state index is 14.8. The number of piperazine rings is 1. The lowest BCUT2D eigenvalue weighted by atomic mass is 9.80. The van der Waals surface area contributed by atoms with Crippen LogP contribution in [0.3, 0.4) is 0 Å². The minimum atomic E-state index is -4.91. The number of benzene rings is 3. The number of esters is 2. The third-order valence-electron chi connectivity index (χ3n) is 8.12. The van der Waals surface area contributed by atoms with Crippen molar-refractivity contribution in [3.05, 3.63) is 118 Å². The molecule has 2 N–H and O–H groups in total. The van der Waals surface area contributed by atoms with Crippen LogP contribution in [0.2, 0.25) is 0 Å². The third-order valence-corrected chi connectivity index (χ3v) is 8.12. The predicted molar refractivity (Wildman–Crippen MR) is 165 cm³/mol. The van der Waals surface area contributed by atoms with Crippen LogP contribution >= 0.6 is 0 Å². The van der Waals surface area contributed by atoms with E-state index >= 15 is 0 Å². The van der Waals surface area contributed by atoms with Crippen LogP contribution in [0.1, 0.15) is 22.6 Å². The Bertz CT molecular complexity index is 1710. The van der Waals surface area contributed by atoms with Crippen LogP contribution < -0.4 is 15.5 Å². The molecule has 5 rings (SSSR count). The summed E-state index contributed by atoms with van der Waals surface area (Å²) in [5.41, 5.74) is 5.50. The fourth-order valence-electron chi connectivity index (χ4n) is 5.91. The number of carbonyl (C=O) groups excluding carboxylic acids is 2. The number of hydrogen-bond donors (Lipinski definition) is 1. The minimum Gasteiger partial charge on any atom is -0.466 e. The first-order valence-electron chi connectivity index (χ1n) is 14.5. The fourth-order valence-corrected chi connectivity index (χ4v) is 5.91. The summed E-state index contributed by atoms with van der Waals surface area (Å²) >= 11 is 0. The number of methoxy groups -OCH3 is 2.